The minimum atomic E-state index is -1.23. The Hall–Kier alpha value is -2.89. The van der Waals surface area contributed by atoms with Crippen molar-refractivity contribution in [2.24, 2.45) is 0 Å². The van der Waals surface area contributed by atoms with Gasteiger partial charge in [0.2, 0.25) is 0 Å². The van der Waals surface area contributed by atoms with Crippen molar-refractivity contribution in [3.05, 3.63) is 53.3 Å². The molecule has 0 aliphatic carbocycles. The third-order valence-electron chi connectivity index (χ3n) is 2.75. The molecule has 20 heavy (non-hydrogen) atoms. The predicted molar refractivity (Wildman–Crippen MR) is 67.4 cm³/mol. The van der Waals surface area contributed by atoms with Crippen molar-refractivity contribution in [1.29, 1.82) is 0 Å². The molecule has 0 bridgehead atoms. The normalized spacial score (nSPS) is 10.2. The molecule has 0 aliphatic rings. The number of phenolic OH excluding ortho intramolecular Hbond substituents is 1. The molecule has 0 aromatic heterocycles. The molecule has 3 N–H and O–H groups in total. The lowest BCUT2D eigenvalue weighted by Gasteiger charge is -2.08. The SMILES string of the molecule is O=C(O)c1ccc(-c2cc(C(=O)O)ccc2F)c(O)c1. The Bertz CT molecular complexity index is 709. The average molecular weight is 276 g/mol. The Morgan fingerprint density at radius 3 is 1.95 bits per heavy atom. The predicted octanol–water partition coefficient (Wildman–Crippen LogP) is 2.59. The van der Waals surface area contributed by atoms with Gasteiger partial charge >= 0.3 is 11.9 Å². The van der Waals surface area contributed by atoms with Crippen LogP contribution in [0.3, 0.4) is 0 Å². The summed E-state index contributed by atoms with van der Waals surface area (Å²) >= 11 is 0. The molecule has 5 nitrogen and oxygen atoms in total. The standard InChI is InChI=1S/C14H9FO5/c15-11-4-2-7(13(17)18)5-10(11)9-3-1-8(14(19)20)6-12(9)16/h1-6,16H,(H,17,18)(H,19,20). The van der Waals surface area contributed by atoms with Crippen molar-refractivity contribution in [2.45, 2.75) is 0 Å². The molecular weight excluding hydrogens is 267 g/mol. The van der Waals surface area contributed by atoms with Gasteiger partial charge in [0, 0.05) is 11.1 Å². The maximum Gasteiger partial charge on any atom is 0.335 e. The van der Waals surface area contributed by atoms with Crippen LogP contribution in [0, 0.1) is 5.82 Å². The maximum absolute atomic E-state index is 13.7. The van der Waals surface area contributed by atoms with Gasteiger partial charge in [-0.2, -0.15) is 0 Å². The minimum absolute atomic E-state index is 0.0237. The van der Waals surface area contributed by atoms with Crippen molar-refractivity contribution in [3.8, 4) is 16.9 Å². The summed E-state index contributed by atoms with van der Waals surface area (Å²) in [6, 6.07) is 6.55. The molecule has 0 heterocycles. The zero-order valence-electron chi connectivity index (χ0n) is 10.0. The Balaban J connectivity index is 2.59. The number of benzene rings is 2. The van der Waals surface area contributed by atoms with Gasteiger partial charge in [-0.05, 0) is 36.4 Å². The van der Waals surface area contributed by atoms with Gasteiger partial charge in [-0.3, -0.25) is 0 Å². The van der Waals surface area contributed by atoms with E-state index in [1.807, 2.05) is 0 Å². The fourth-order valence-corrected chi connectivity index (χ4v) is 1.76. The molecule has 2 rings (SSSR count). The van der Waals surface area contributed by atoms with Gasteiger partial charge in [-0.1, -0.05) is 0 Å². The number of hydrogen-bond donors (Lipinski definition) is 3. The Kier molecular flexibility index (Phi) is 3.39. The van der Waals surface area contributed by atoms with Gasteiger partial charge in [0.15, 0.2) is 0 Å². The van der Waals surface area contributed by atoms with Crippen LogP contribution >= 0.6 is 0 Å². The van der Waals surface area contributed by atoms with E-state index in [1.54, 1.807) is 0 Å². The molecule has 102 valence electrons. The van der Waals surface area contributed by atoms with Gasteiger partial charge in [0.1, 0.15) is 11.6 Å². The van der Waals surface area contributed by atoms with E-state index in [1.165, 1.54) is 12.1 Å². The van der Waals surface area contributed by atoms with Crippen molar-refractivity contribution < 1.29 is 29.3 Å². The number of rotatable bonds is 3. The van der Waals surface area contributed by atoms with Crippen LogP contribution in [-0.2, 0) is 0 Å². The molecule has 2 aromatic rings. The van der Waals surface area contributed by atoms with Crippen LogP contribution in [0.25, 0.3) is 11.1 Å². The molecule has 2 aromatic carbocycles. The van der Waals surface area contributed by atoms with Gasteiger partial charge in [-0.25, -0.2) is 14.0 Å². The van der Waals surface area contributed by atoms with Crippen LogP contribution in [0.4, 0.5) is 4.39 Å². The molecule has 0 aliphatic heterocycles. The van der Waals surface area contributed by atoms with Crippen LogP contribution in [0.2, 0.25) is 0 Å². The lowest BCUT2D eigenvalue weighted by Crippen LogP contribution is -1.99. The second-order valence-electron chi connectivity index (χ2n) is 4.04. The zero-order chi connectivity index (χ0) is 14.9. The molecule has 0 radical (unpaired) electrons. The molecular formula is C14H9FO5. The Labute approximate surface area is 112 Å². The Morgan fingerprint density at radius 2 is 1.40 bits per heavy atom. The highest BCUT2D eigenvalue weighted by Crippen LogP contribution is 2.32. The van der Waals surface area contributed by atoms with E-state index in [-0.39, 0.29) is 22.3 Å². The molecule has 0 atom stereocenters. The summed E-state index contributed by atoms with van der Waals surface area (Å²) < 4.78 is 13.7. The Morgan fingerprint density at radius 1 is 0.850 bits per heavy atom. The number of carboxylic acids is 2. The topological polar surface area (TPSA) is 94.8 Å². The second kappa shape index (κ2) is 5.00. The van der Waals surface area contributed by atoms with Gasteiger partial charge < -0.3 is 15.3 Å². The first-order valence-corrected chi connectivity index (χ1v) is 5.49. The van der Waals surface area contributed by atoms with Crippen molar-refractivity contribution in [1.82, 2.24) is 0 Å². The zero-order valence-corrected chi connectivity index (χ0v) is 10.0. The van der Waals surface area contributed by atoms with Gasteiger partial charge in [-0.15, -0.1) is 0 Å². The number of hydrogen-bond acceptors (Lipinski definition) is 3. The van der Waals surface area contributed by atoms with E-state index in [2.05, 4.69) is 0 Å². The van der Waals surface area contributed by atoms with E-state index in [4.69, 9.17) is 10.2 Å². The third-order valence-corrected chi connectivity index (χ3v) is 2.75. The van der Waals surface area contributed by atoms with Crippen molar-refractivity contribution >= 4 is 11.9 Å². The van der Waals surface area contributed by atoms with Crippen LogP contribution in [0.15, 0.2) is 36.4 Å². The monoisotopic (exact) mass is 276 g/mol. The van der Waals surface area contributed by atoms with E-state index in [9.17, 15) is 19.1 Å². The van der Waals surface area contributed by atoms with E-state index >= 15 is 0 Å². The molecule has 0 saturated carbocycles. The van der Waals surface area contributed by atoms with Crippen LogP contribution < -0.4 is 0 Å². The highest BCUT2D eigenvalue weighted by atomic mass is 19.1. The number of carboxylic acid groups (broad SMARTS) is 2. The third kappa shape index (κ3) is 2.44. The van der Waals surface area contributed by atoms with Crippen LogP contribution in [-0.4, -0.2) is 27.3 Å². The van der Waals surface area contributed by atoms with Crippen LogP contribution in [0.1, 0.15) is 20.7 Å². The summed E-state index contributed by atoms with van der Waals surface area (Å²) in [6.07, 6.45) is 0. The molecule has 0 unspecified atom stereocenters. The number of phenols is 1. The minimum Gasteiger partial charge on any atom is -0.507 e. The highest BCUT2D eigenvalue weighted by Gasteiger charge is 2.15. The summed E-state index contributed by atoms with van der Waals surface area (Å²) in [5.74, 6) is -3.61. The molecule has 0 fully saturated rings. The van der Waals surface area contributed by atoms with Crippen molar-refractivity contribution in [3.63, 3.8) is 0 Å². The van der Waals surface area contributed by atoms with E-state index in [0.717, 1.165) is 24.3 Å². The number of aromatic carboxylic acids is 2. The lowest BCUT2D eigenvalue weighted by atomic mass is 10.00. The van der Waals surface area contributed by atoms with Gasteiger partial charge in [0.05, 0.1) is 11.1 Å². The molecule has 0 saturated heterocycles. The first-order chi connectivity index (χ1) is 9.40. The molecule has 6 heteroatoms. The van der Waals surface area contributed by atoms with E-state index in [0.29, 0.717) is 0 Å². The fourth-order valence-electron chi connectivity index (χ4n) is 1.76. The first kappa shape index (κ1) is 13.5. The quantitative estimate of drug-likeness (QED) is 0.800. The van der Waals surface area contributed by atoms with Gasteiger partial charge in [0.25, 0.3) is 0 Å². The average Bonchev–Trinajstić information content (AvgIpc) is 2.39. The number of halogens is 1. The smallest absolute Gasteiger partial charge is 0.335 e. The summed E-state index contributed by atoms with van der Waals surface area (Å²) in [6.45, 7) is 0. The summed E-state index contributed by atoms with van der Waals surface area (Å²) in [5, 5.41) is 27.4. The largest absolute Gasteiger partial charge is 0.507 e. The lowest BCUT2D eigenvalue weighted by molar-refractivity contribution is 0.0686. The van der Waals surface area contributed by atoms with Crippen molar-refractivity contribution in [2.75, 3.05) is 0 Å². The molecule has 0 spiro atoms. The fraction of sp³-hybridized carbons (Fsp3) is 0. The highest BCUT2D eigenvalue weighted by molar-refractivity contribution is 5.91. The second-order valence-corrected chi connectivity index (χ2v) is 4.04. The first-order valence-electron chi connectivity index (χ1n) is 5.49. The van der Waals surface area contributed by atoms with Crippen LogP contribution in [0.5, 0.6) is 5.75 Å². The molecule has 0 amide bonds. The van der Waals surface area contributed by atoms with E-state index < -0.39 is 23.5 Å². The summed E-state index contributed by atoms with van der Waals surface area (Å²) in [4.78, 5) is 21.6. The maximum atomic E-state index is 13.7. The number of aromatic hydroxyl groups is 1. The number of carbonyl (C=O) groups is 2. The summed E-state index contributed by atoms with van der Waals surface area (Å²) in [5.41, 5.74) is -0.376. The summed E-state index contributed by atoms with van der Waals surface area (Å²) in [7, 11) is 0.